The lowest BCUT2D eigenvalue weighted by atomic mass is 10.1. The van der Waals surface area contributed by atoms with E-state index in [4.69, 9.17) is 16.0 Å². The molecule has 0 aliphatic carbocycles. The zero-order chi connectivity index (χ0) is 13.0. The molecular formula is C13H16ClNO2S. The molecule has 2 atom stereocenters. The SMILES string of the molecule is CCC(NC(CO)c1ccco1)c1ccc(Cl)s1. The summed E-state index contributed by atoms with van der Waals surface area (Å²) in [7, 11) is 0. The number of rotatable bonds is 6. The smallest absolute Gasteiger partial charge is 0.123 e. The fourth-order valence-corrected chi connectivity index (χ4v) is 3.08. The predicted molar refractivity (Wildman–Crippen MR) is 74.0 cm³/mol. The number of aliphatic hydroxyl groups excluding tert-OH is 1. The third kappa shape index (κ3) is 3.14. The summed E-state index contributed by atoms with van der Waals surface area (Å²) in [6.45, 7) is 2.10. The first kappa shape index (κ1) is 13.6. The number of furan rings is 1. The van der Waals surface area contributed by atoms with Crippen LogP contribution >= 0.6 is 22.9 Å². The molecule has 0 fully saturated rings. The summed E-state index contributed by atoms with van der Waals surface area (Å²) in [5.74, 6) is 0.749. The van der Waals surface area contributed by atoms with Crippen molar-refractivity contribution >= 4 is 22.9 Å². The van der Waals surface area contributed by atoms with Crippen LogP contribution in [0.15, 0.2) is 34.9 Å². The lowest BCUT2D eigenvalue weighted by Crippen LogP contribution is -2.27. The van der Waals surface area contributed by atoms with E-state index in [1.807, 2.05) is 24.3 Å². The normalized spacial score (nSPS) is 14.6. The largest absolute Gasteiger partial charge is 0.468 e. The average molecular weight is 286 g/mol. The first-order valence-corrected chi connectivity index (χ1v) is 7.09. The maximum atomic E-state index is 9.45. The molecule has 2 heterocycles. The highest BCUT2D eigenvalue weighted by Crippen LogP contribution is 2.30. The van der Waals surface area contributed by atoms with Gasteiger partial charge in [-0.1, -0.05) is 18.5 Å². The zero-order valence-corrected chi connectivity index (χ0v) is 11.7. The van der Waals surface area contributed by atoms with Crippen LogP contribution in [0.5, 0.6) is 0 Å². The van der Waals surface area contributed by atoms with Crippen molar-refractivity contribution in [2.24, 2.45) is 0 Å². The van der Waals surface area contributed by atoms with Crippen LogP contribution in [0.25, 0.3) is 0 Å². The number of nitrogens with one attached hydrogen (secondary N) is 1. The molecule has 2 aromatic heterocycles. The monoisotopic (exact) mass is 285 g/mol. The van der Waals surface area contributed by atoms with Gasteiger partial charge < -0.3 is 9.52 Å². The highest BCUT2D eigenvalue weighted by molar-refractivity contribution is 7.16. The molecule has 0 aliphatic heterocycles. The topological polar surface area (TPSA) is 45.4 Å². The van der Waals surface area contributed by atoms with E-state index in [0.717, 1.165) is 16.5 Å². The van der Waals surface area contributed by atoms with Gasteiger partial charge in [0.2, 0.25) is 0 Å². The van der Waals surface area contributed by atoms with Gasteiger partial charge in [-0.3, -0.25) is 5.32 Å². The molecule has 0 amide bonds. The number of hydrogen-bond acceptors (Lipinski definition) is 4. The second kappa shape index (κ2) is 6.38. The number of aliphatic hydroxyl groups is 1. The van der Waals surface area contributed by atoms with Crippen LogP contribution in [0.3, 0.4) is 0 Å². The van der Waals surface area contributed by atoms with Gasteiger partial charge in [-0.2, -0.15) is 0 Å². The van der Waals surface area contributed by atoms with E-state index in [-0.39, 0.29) is 18.7 Å². The van der Waals surface area contributed by atoms with Crippen molar-refractivity contribution < 1.29 is 9.52 Å². The summed E-state index contributed by atoms with van der Waals surface area (Å²) >= 11 is 7.52. The van der Waals surface area contributed by atoms with Crippen LogP contribution in [0.2, 0.25) is 4.34 Å². The summed E-state index contributed by atoms with van der Waals surface area (Å²) in [4.78, 5) is 1.17. The summed E-state index contributed by atoms with van der Waals surface area (Å²) < 4.78 is 6.11. The molecule has 3 nitrogen and oxygen atoms in total. The van der Waals surface area contributed by atoms with Crippen LogP contribution in [0.4, 0.5) is 0 Å². The van der Waals surface area contributed by atoms with Gasteiger partial charge in [0.05, 0.1) is 23.2 Å². The Morgan fingerprint density at radius 2 is 2.22 bits per heavy atom. The lowest BCUT2D eigenvalue weighted by molar-refractivity contribution is 0.214. The molecule has 0 aliphatic rings. The molecule has 2 aromatic rings. The molecule has 2 unspecified atom stereocenters. The predicted octanol–water partition coefficient (Wildman–Crippen LogP) is 3.77. The minimum Gasteiger partial charge on any atom is -0.468 e. The highest BCUT2D eigenvalue weighted by atomic mass is 35.5. The van der Waals surface area contributed by atoms with E-state index in [1.165, 1.54) is 4.88 Å². The lowest BCUT2D eigenvalue weighted by Gasteiger charge is -2.21. The second-order valence-electron chi connectivity index (χ2n) is 4.02. The van der Waals surface area contributed by atoms with E-state index < -0.39 is 0 Å². The van der Waals surface area contributed by atoms with Gasteiger partial charge in [0.1, 0.15) is 5.76 Å². The van der Waals surface area contributed by atoms with Crippen molar-refractivity contribution in [3.63, 3.8) is 0 Å². The minimum atomic E-state index is -0.189. The van der Waals surface area contributed by atoms with Crippen molar-refractivity contribution in [3.8, 4) is 0 Å². The Morgan fingerprint density at radius 1 is 1.39 bits per heavy atom. The molecule has 0 saturated carbocycles. The van der Waals surface area contributed by atoms with Crippen molar-refractivity contribution in [3.05, 3.63) is 45.5 Å². The Morgan fingerprint density at radius 3 is 2.72 bits per heavy atom. The Bertz CT molecular complexity index is 469. The highest BCUT2D eigenvalue weighted by Gasteiger charge is 2.19. The van der Waals surface area contributed by atoms with E-state index in [2.05, 4.69) is 12.2 Å². The molecule has 0 spiro atoms. The zero-order valence-electron chi connectivity index (χ0n) is 10.1. The molecule has 0 aromatic carbocycles. The van der Waals surface area contributed by atoms with E-state index in [0.29, 0.717) is 0 Å². The van der Waals surface area contributed by atoms with E-state index in [9.17, 15) is 5.11 Å². The number of hydrogen-bond donors (Lipinski definition) is 2. The van der Waals surface area contributed by atoms with Crippen molar-refractivity contribution in [1.29, 1.82) is 0 Å². The summed E-state index contributed by atoms with van der Waals surface area (Å²) in [5, 5.41) is 12.8. The Labute approximate surface area is 115 Å². The van der Waals surface area contributed by atoms with Crippen molar-refractivity contribution in [2.45, 2.75) is 25.4 Å². The summed E-state index contributed by atoms with van der Waals surface area (Å²) in [6.07, 6.45) is 2.54. The molecule has 98 valence electrons. The second-order valence-corrected chi connectivity index (χ2v) is 5.77. The van der Waals surface area contributed by atoms with Gasteiger partial charge in [0, 0.05) is 10.9 Å². The minimum absolute atomic E-state index is 0.00310. The van der Waals surface area contributed by atoms with Crippen molar-refractivity contribution in [1.82, 2.24) is 5.32 Å². The fourth-order valence-electron chi connectivity index (χ4n) is 1.87. The Hall–Kier alpha value is -0.810. The van der Waals surface area contributed by atoms with Crippen LogP contribution in [-0.2, 0) is 0 Å². The third-order valence-electron chi connectivity index (χ3n) is 2.82. The van der Waals surface area contributed by atoms with Crippen LogP contribution in [-0.4, -0.2) is 11.7 Å². The van der Waals surface area contributed by atoms with Crippen LogP contribution < -0.4 is 5.32 Å². The Balaban J connectivity index is 2.09. The molecular weight excluding hydrogens is 270 g/mol. The average Bonchev–Trinajstić information content (AvgIpc) is 3.02. The summed E-state index contributed by atoms with van der Waals surface area (Å²) in [6, 6.07) is 7.58. The van der Waals surface area contributed by atoms with Gasteiger partial charge in [0.25, 0.3) is 0 Å². The standard InChI is InChI=1S/C13H16ClNO2S/c1-2-9(12-5-6-13(14)18-12)15-10(8-16)11-4-3-7-17-11/h3-7,9-10,15-16H,2,8H2,1H3. The first-order valence-electron chi connectivity index (χ1n) is 5.90. The maximum Gasteiger partial charge on any atom is 0.123 e. The van der Waals surface area contributed by atoms with Crippen LogP contribution in [0, 0.1) is 0 Å². The van der Waals surface area contributed by atoms with Gasteiger partial charge in [-0.25, -0.2) is 0 Å². The molecule has 2 rings (SSSR count). The first-order chi connectivity index (χ1) is 8.74. The molecule has 0 saturated heterocycles. The summed E-state index contributed by atoms with van der Waals surface area (Å²) in [5.41, 5.74) is 0. The molecule has 2 N–H and O–H groups in total. The Kier molecular flexibility index (Phi) is 4.83. The van der Waals surface area contributed by atoms with Crippen molar-refractivity contribution in [2.75, 3.05) is 6.61 Å². The van der Waals surface area contributed by atoms with Gasteiger partial charge in [-0.15, -0.1) is 11.3 Å². The van der Waals surface area contributed by atoms with Gasteiger partial charge in [-0.05, 0) is 30.7 Å². The number of halogens is 1. The molecule has 0 radical (unpaired) electrons. The van der Waals surface area contributed by atoms with Gasteiger partial charge in [0.15, 0.2) is 0 Å². The quantitative estimate of drug-likeness (QED) is 0.849. The maximum absolute atomic E-state index is 9.45. The third-order valence-corrected chi connectivity index (χ3v) is 4.16. The van der Waals surface area contributed by atoms with E-state index in [1.54, 1.807) is 17.6 Å². The number of thiophene rings is 1. The van der Waals surface area contributed by atoms with Gasteiger partial charge >= 0.3 is 0 Å². The van der Waals surface area contributed by atoms with E-state index >= 15 is 0 Å². The molecule has 18 heavy (non-hydrogen) atoms. The van der Waals surface area contributed by atoms with Crippen LogP contribution in [0.1, 0.15) is 36.1 Å². The fraction of sp³-hybridized carbons (Fsp3) is 0.385. The molecule has 5 heteroatoms. The molecule has 0 bridgehead atoms.